The van der Waals surface area contributed by atoms with Gasteiger partial charge in [-0.15, -0.1) is 0 Å². The molecule has 2 atom stereocenters. The van der Waals surface area contributed by atoms with Gasteiger partial charge in [0.1, 0.15) is 0 Å². The zero-order valence-corrected chi connectivity index (χ0v) is 11.1. The maximum Gasteiger partial charge on any atom is 0.0624 e. The van der Waals surface area contributed by atoms with Crippen LogP contribution in [0, 0.1) is 5.92 Å². The topological polar surface area (TPSA) is 32.7 Å². The summed E-state index contributed by atoms with van der Waals surface area (Å²) in [5, 5.41) is 9.90. The standard InChI is InChI=1S/C15H23NO2/c1-16(9-7-13-5-3-2-4-6-13)11-14-12-18-10-8-15(14)17/h2-6,14-15,17H,7-12H2,1H3. The van der Waals surface area contributed by atoms with E-state index in [-0.39, 0.29) is 12.0 Å². The van der Waals surface area contributed by atoms with Gasteiger partial charge < -0.3 is 14.7 Å². The molecular weight excluding hydrogens is 226 g/mol. The van der Waals surface area contributed by atoms with Crippen molar-refractivity contribution in [2.24, 2.45) is 5.92 Å². The molecule has 1 aromatic carbocycles. The molecule has 100 valence electrons. The largest absolute Gasteiger partial charge is 0.393 e. The average Bonchev–Trinajstić information content (AvgIpc) is 2.40. The molecule has 0 saturated carbocycles. The van der Waals surface area contributed by atoms with Crippen LogP contribution in [0.15, 0.2) is 30.3 Å². The minimum Gasteiger partial charge on any atom is -0.393 e. The first-order valence-electron chi connectivity index (χ1n) is 6.74. The number of likely N-dealkylation sites (N-methyl/N-ethyl adjacent to an activating group) is 1. The molecule has 3 nitrogen and oxygen atoms in total. The van der Waals surface area contributed by atoms with Crippen LogP contribution in [0.3, 0.4) is 0 Å². The van der Waals surface area contributed by atoms with Gasteiger partial charge in [0.05, 0.1) is 12.7 Å². The molecular formula is C15H23NO2. The molecule has 1 aliphatic heterocycles. The highest BCUT2D eigenvalue weighted by molar-refractivity contribution is 5.14. The van der Waals surface area contributed by atoms with Crippen molar-refractivity contribution < 1.29 is 9.84 Å². The summed E-state index contributed by atoms with van der Waals surface area (Å²) in [5.41, 5.74) is 1.37. The second-order valence-corrected chi connectivity index (χ2v) is 5.19. The Bertz CT molecular complexity index is 342. The van der Waals surface area contributed by atoms with Crippen molar-refractivity contribution in [2.45, 2.75) is 18.9 Å². The third kappa shape index (κ3) is 4.09. The van der Waals surface area contributed by atoms with Gasteiger partial charge in [-0.25, -0.2) is 0 Å². The average molecular weight is 249 g/mol. The smallest absolute Gasteiger partial charge is 0.0624 e. The quantitative estimate of drug-likeness (QED) is 0.859. The van der Waals surface area contributed by atoms with Crippen molar-refractivity contribution in [3.8, 4) is 0 Å². The molecule has 3 heteroatoms. The van der Waals surface area contributed by atoms with Crippen LogP contribution < -0.4 is 0 Å². The molecule has 1 N–H and O–H groups in total. The Kier molecular flexibility index (Phi) is 5.17. The van der Waals surface area contributed by atoms with Crippen LogP contribution in [0.2, 0.25) is 0 Å². The maximum atomic E-state index is 9.90. The monoisotopic (exact) mass is 249 g/mol. The van der Waals surface area contributed by atoms with E-state index in [0.29, 0.717) is 13.2 Å². The predicted molar refractivity (Wildman–Crippen MR) is 72.6 cm³/mol. The van der Waals surface area contributed by atoms with Gasteiger partial charge in [-0.3, -0.25) is 0 Å². The molecule has 18 heavy (non-hydrogen) atoms. The number of hydrogen-bond donors (Lipinski definition) is 1. The fourth-order valence-electron chi connectivity index (χ4n) is 2.42. The molecule has 1 aromatic rings. The Morgan fingerprint density at radius 1 is 1.33 bits per heavy atom. The first-order chi connectivity index (χ1) is 8.75. The lowest BCUT2D eigenvalue weighted by molar-refractivity contribution is -0.0443. The first-order valence-corrected chi connectivity index (χ1v) is 6.74. The van der Waals surface area contributed by atoms with Gasteiger partial charge in [0.25, 0.3) is 0 Å². The SMILES string of the molecule is CN(CCc1ccccc1)CC1COCCC1O. The summed E-state index contributed by atoms with van der Waals surface area (Å²) in [6, 6.07) is 10.5. The molecule has 0 bridgehead atoms. The summed E-state index contributed by atoms with van der Waals surface area (Å²) in [6.45, 7) is 3.32. The van der Waals surface area contributed by atoms with E-state index in [0.717, 1.165) is 25.9 Å². The lowest BCUT2D eigenvalue weighted by atomic mass is 9.98. The van der Waals surface area contributed by atoms with Crippen molar-refractivity contribution in [1.82, 2.24) is 4.90 Å². The summed E-state index contributed by atoms with van der Waals surface area (Å²) in [6.07, 6.45) is 1.64. The summed E-state index contributed by atoms with van der Waals surface area (Å²) < 4.78 is 5.43. The summed E-state index contributed by atoms with van der Waals surface area (Å²) in [5.74, 6) is 0.263. The molecule has 1 fully saturated rings. The summed E-state index contributed by atoms with van der Waals surface area (Å²) in [4.78, 5) is 2.29. The van der Waals surface area contributed by atoms with Gasteiger partial charge in [-0.05, 0) is 25.5 Å². The number of hydrogen-bond acceptors (Lipinski definition) is 3. The number of aliphatic hydroxyl groups excluding tert-OH is 1. The molecule has 1 heterocycles. The second-order valence-electron chi connectivity index (χ2n) is 5.19. The normalized spacial score (nSPS) is 24.4. The number of rotatable bonds is 5. The van der Waals surface area contributed by atoms with Crippen LogP contribution in [0.5, 0.6) is 0 Å². The Labute approximate surface area is 109 Å². The molecule has 0 aliphatic carbocycles. The summed E-state index contributed by atoms with van der Waals surface area (Å²) in [7, 11) is 2.12. The van der Waals surface area contributed by atoms with Gasteiger partial charge in [0.15, 0.2) is 0 Å². The zero-order valence-electron chi connectivity index (χ0n) is 11.1. The van der Waals surface area contributed by atoms with Crippen molar-refractivity contribution in [2.75, 3.05) is 33.4 Å². The first kappa shape index (κ1) is 13.5. The third-order valence-corrected chi connectivity index (χ3v) is 3.61. The van der Waals surface area contributed by atoms with E-state index in [1.807, 2.05) is 6.07 Å². The van der Waals surface area contributed by atoms with E-state index in [2.05, 4.69) is 36.2 Å². The van der Waals surface area contributed by atoms with E-state index < -0.39 is 0 Å². The fourth-order valence-corrected chi connectivity index (χ4v) is 2.42. The zero-order chi connectivity index (χ0) is 12.8. The van der Waals surface area contributed by atoms with Crippen LogP contribution in [0.1, 0.15) is 12.0 Å². The molecule has 1 aliphatic rings. The predicted octanol–water partition coefficient (Wildman–Crippen LogP) is 1.56. The molecule has 0 spiro atoms. The van der Waals surface area contributed by atoms with Crippen LogP contribution >= 0.6 is 0 Å². The summed E-state index contributed by atoms with van der Waals surface area (Å²) >= 11 is 0. The van der Waals surface area contributed by atoms with Crippen LogP contribution in [-0.2, 0) is 11.2 Å². The molecule has 2 rings (SSSR count). The Balaban J connectivity index is 1.73. The van der Waals surface area contributed by atoms with E-state index in [4.69, 9.17) is 4.74 Å². The van der Waals surface area contributed by atoms with Gasteiger partial charge >= 0.3 is 0 Å². The Hall–Kier alpha value is -0.900. The Morgan fingerprint density at radius 3 is 2.83 bits per heavy atom. The van der Waals surface area contributed by atoms with Gasteiger partial charge in [-0.2, -0.15) is 0 Å². The minimum absolute atomic E-state index is 0.196. The maximum absolute atomic E-state index is 9.90. The second kappa shape index (κ2) is 6.88. The number of ether oxygens (including phenoxy) is 1. The lowest BCUT2D eigenvalue weighted by Crippen LogP contribution is -2.40. The van der Waals surface area contributed by atoms with Gasteiger partial charge in [-0.1, -0.05) is 30.3 Å². The number of benzene rings is 1. The van der Waals surface area contributed by atoms with Crippen molar-refractivity contribution in [1.29, 1.82) is 0 Å². The van der Waals surface area contributed by atoms with E-state index in [1.165, 1.54) is 5.56 Å². The van der Waals surface area contributed by atoms with E-state index >= 15 is 0 Å². The van der Waals surface area contributed by atoms with Crippen LogP contribution in [0.4, 0.5) is 0 Å². The van der Waals surface area contributed by atoms with Crippen LogP contribution in [0.25, 0.3) is 0 Å². The molecule has 0 radical (unpaired) electrons. The minimum atomic E-state index is -0.196. The highest BCUT2D eigenvalue weighted by atomic mass is 16.5. The lowest BCUT2D eigenvalue weighted by Gasteiger charge is -2.31. The third-order valence-electron chi connectivity index (χ3n) is 3.61. The molecule has 1 saturated heterocycles. The van der Waals surface area contributed by atoms with Crippen molar-refractivity contribution >= 4 is 0 Å². The van der Waals surface area contributed by atoms with E-state index in [9.17, 15) is 5.11 Å². The van der Waals surface area contributed by atoms with Crippen molar-refractivity contribution in [3.63, 3.8) is 0 Å². The number of nitrogens with zero attached hydrogens (tertiary/aromatic N) is 1. The highest BCUT2D eigenvalue weighted by Crippen LogP contribution is 2.15. The number of aliphatic hydroxyl groups is 1. The van der Waals surface area contributed by atoms with Gasteiger partial charge in [0.2, 0.25) is 0 Å². The van der Waals surface area contributed by atoms with Crippen LogP contribution in [-0.4, -0.2) is 49.5 Å². The van der Waals surface area contributed by atoms with Crippen molar-refractivity contribution in [3.05, 3.63) is 35.9 Å². The Morgan fingerprint density at radius 2 is 2.11 bits per heavy atom. The van der Waals surface area contributed by atoms with Gasteiger partial charge in [0, 0.05) is 25.6 Å². The molecule has 2 unspecified atom stereocenters. The molecule has 0 aromatic heterocycles. The highest BCUT2D eigenvalue weighted by Gasteiger charge is 2.24. The molecule has 0 amide bonds. The van der Waals surface area contributed by atoms with E-state index in [1.54, 1.807) is 0 Å². The fraction of sp³-hybridized carbons (Fsp3) is 0.600.